The standard InChI is InChI=1S/C33H26N8O7/c42-26-14-47-24-7-5-17(9-21(24)39-26)11-35-31(44)19-3-1-2-4-20(19)32(45)41-23-13-34-29-28(23)37-16-38-30(29)33(46)36-12-18-6-8-25-22(10-18)40-27(43)15-48-25/h1-10,13,16,34H,11-12,14-15H2,(H,35,44)(H,36,46)(H,39,42)(H,40,43)(H,41,45). The lowest BCUT2D eigenvalue weighted by molar-refractivity contribution is -0.119. The molecule has 0 aliphatic carbocycles. The number of aromatic amines is 1. The van der Waals surface area contributed by atoms with Crippen LogP contribution in [0.25, 0.3) is 11.0 Å². The molecule has 7 rings (SSSR count). The molecule has 5 aromatic rings. The van der Waals surface area contributed by atoms with E-state index in [-0.39, 0.29) is 60.6 Å². The van der Waals surface area contributed by atoms with E-state index in [4.69, 9.17) is 9.47 Å². The van der Waals surface area contributed by atoms with E-state index in [1.165, 1.54) is 24.7 Å². The van der Waals surface area contributed by atoms with Crippen molar-refractivity contribution < 1.29 is 33.4 Å². The molecule has 15 heteroatoms. The van der Waals surface area contributed by atoms with Gasteiger partial charge in [-0.25, -0.2) is 9.97 Å². The number of fused-ring (bicyclic) bond motifs is 3. The van der Waals surface area contributed by atoms with Crippen LogP contribution >= 0.6 is 0 Å². The van der Waals surface area contributed by atoms with Crippen molar-refractivity contribution in [3.05, 3.63) is 101 Å². The minimum absolute atomic E-state index is 0.0518. The predicted molar refractivity (Wildman–Crippen MR) is 172 cm³/mol. The molecular weight excluding hydrogens is 620 g/mol. The van der Waals surface area contributed by atoms with Crippen molar-refractivity contribution in [1.29, 1.82) is 0 Å². The highest BCUT2D eigenvalue weighted by atomic mass is 16.5. The van der Waals surface area contributed by atoms with Crippen LogP contribution in [0.3, 0.4) is 0 Å². The Labute approximate surface area is 271 Å². The number of hydrogen-bond donors (Lipinski definition) is 6. The molecular formula is C33H26N8O7. The van der Waals surface area contributed by atoms with E-state index in [0.717, 1.165) is 11.1 Å². The number of carbonyl (C=O) groups is 5. The van der Waals surface area contributed by atoms with E-state index in [1.807, 2.05) is 0 Å². The number of nitrogens with zero attached hydrogens (tertiary/aromatic N) is 2. The summed E-state index contributed by atoms with van der Waals surface area (Å²) in [5, 5.41) is 13.8. The van der Waals surface area contributed by atoms with Crippen LogP contribution in [0.4, 0.5) is 17.1 Å². The Hall–Kier alpha value is -6.77. The average molecular weight is 647 g/mol. The van der Waals surface area contributed by atoms with Gasteiger partial charge in [-0.05, 0) is 47.5 Å². The first kappa shape index (κ1) is 29.9. The molecule has 0 spiro atoms. The summed E-state index contributed by atoms with van der Waals surface area (Å²) in [6.07, 6.45) is 2.70. The molecule has 0 atom stereocenters. The van der Waals surface area contributed by atoms with Gasteiger partial charge in [0.1, 0.15) is 23.3 Å². The summed E-state index contributed by atoms with van der Waals surface area (Å²) >= 11 is 0. The van der Waals surface area contributed by atoms with Crippen molar-refractivity contribution in [3.8, 4) is 11.5 Å². The molecule has 5 amide bonds. The molecule has 15 nitrogen and oxygen atoms in total. The van der Waals surface area contributed by atoms with Crippen molar-refractivity contribution in [2.75, 3.05) is 29.2 Å². The zero-order valence-electron chi connectivity index (χ0n) is 25.0. The van der Waals surface area contributed by atoms with Gasteiger partial charge in [-0.3, -0.25) is 24.0 Å². The molecule has 0 bridgehead atoms. The third kappa shape index (κ3) is 6.06. The highest BCUT2D eigenvalue weighted by molar-refractivity contribution is 6.15. The van der Waals surface area contributed by atoms with Crippen LogP contribution in [-0.2, 0) is 22.7 Å². The van der Waals surface area contributed by atoms with Crippen molar-refractivity contribution in [1.82, 2.24) is 25.6 Å². The highest BCUT2D eigenvalue weighted by Crippen LogP contribution is 2.30. The molecule has 2 aromatic heterocycles. The van der Waals surface area contributed by atoms with Gasteiger partial charge in [-0.2, -0.15) is 0 Å². The molecule has 2 aliphatic heterocycles. The van der Waals surface area contributed by atoms with E-state index >= 15 is 0 Å². The van der Waals surface area contributed by atoms with Crippen LogP contribution in [-0.4, -0.2) is 57.7 Å². The van der Waals surface area contributed by atoms with Crippen molar-refractivity contribution in [3.63, 3.8) is 0 Å². The summed E-state index contributed by atoms with van der Waals surface area (Å²) in [7, 11) is 0. The van der Waals surface area contributed by atoms with Gasteiger partial charge in [0.25, 0.3) is 29.5 Å². The Kier molecular flexibility index (Phi) is 7.82. The topological polar surface area (TPSA) is 206 Å². The number of rotatable bonds is 8. The molecule has 0 fully saturated rings. The minimum atomic E-state index is -0.566. The molecule has 48 heavy (non-hydrogen) atoms. The quantitative estimate of drug-likeness (QED) is 0.146. The number of amides is 5. The van der Waals surface area contributed by atoms with E-state index in [9.17, 15) is 24.0 Å². The zero-order valence-corrected chi connectivity index (χ0v) is 25.0. The lowest BCUT2D eigenvalue weighted by atomic mass is 10.1. The predicted octanol–water partition coefficient (Wildman–Crippen LogP) is 2.73. The maximum Gasteiger partial charge on any atom is 0.272 e. The van der Waals surface area contributed by atoms with Crippen LogP contribution < -0.4 is 36.1 Å². The fourth-order valence-electron chi connectivity index (χ4n) is 5.30. The number of ether oxygens (including phenoxy) is 2. The number of carbonyl (C=O) groups excluding carboxylic acids is 5. The third-order valence-electron chi connectivity index (χ3n) is 7.60. The first-order valence-electron chi connectivity index (χ1n) is 14.7. The van der Waals surface area contributed by atoms with Gasteiger partial charge in [0.2, 0.25) is 0 Å². The normalized spacial score (nSPS) is 13.2. The smallest absolute Gasteiger partial charge is 0.272 e. The summed E-state index contributed by atoms with van der Waals surface area (Å²) < 4.78 is 10.7. The van der Waals surface area contributed by atoms with E-state index < -0.39 is 17.7 Å². The van der Waals surface area contributed by atoms with E-state index in [1.54, 1.807) is 48.5 Å². The zero-order chi connectivity index (χ0) is 33.2. The summed E-state index contributed by atoms with van der Waals surface area (Å²) in [4.78, 5) is 74.4. The van der Waals surface area contributed by atoms with Gasteiger partial charge in [-0.15, -0.1) is 0 Å². The van der Waals surface area contributed by atoms with Gasteiger partial charge in [0.15, 0.2) is 18.9 Å². The molecule has 6 N–H and O–H groups in total. The number of nitrogens with one attached hydrogen (secondary N) is 6. The molecule has 0 saturated carbocycles. The molecule has 0 saturated heterocycles. The minimum Gasteiger partial charge on any atom is -0.482 e. The number of aromatic nitrogens is 3. The Morgan fingerprint density at radius 2 is 1.31 bits per heavy atom. The fourth-order valence-corrected chi connectivity index (χ4v) is 5.30. The van der Waals surface area contributed by atoms with Crippen LogP contribution in [0, 0.1) is 0 Å². The monoisotopic (exact) mass is 646 g/mol. The molecule has 2 aliphatic rings. The molecule has 3 aromatic carbocycles. The second kappa shape index (κ2) is 12.6. The van der Waals surface area contributed by atoms with E-state index in [2.05, 4.69) is 41.5 Å². The fraction of sp³-hybridized carbons (Fsp3) is 0.121. The Morgan fingerprint density at radius 3 is 1.94 bits per heavy atom. The Bertz CT molecular complexity index is 2140. The largest absolute Gasteiger partial charge is 0.482 e. The Balaban J connectivity index is 1.02. The number of benzene rings is 3. The van der Waals surface area contributed by atoms with E-state index in [0.29, 0.717) is 33.9 Å². The Morgan fingerprint density at radius 1 is 0.729 bits per heavy atom. The number of hydrogen-bond acceptors (Lipinski definition) is 9. The van der Waals surface area contributed by atoms with Gasteiger partial charge in [0, 0.05) is 19.3 Å². The van der Waals surface area contributed by atoms with Crippen molar-refractivity contribution in [2.45, 2.75) is 13.1 Å². The van der Waals surface area contributed by atoms with Crippen LogP contribution in [0.1, 0.15) is 42.3 Å². The average Bonchev–Trinajstić information content (AvgIpc) is 3.51. The second-order valence-corrected chi connectivity index (χ2v) is 10.8. The second-order valence-electron chi connectivity index (χ2n) is 10.8. The first-order valence-corrected chi connectivity index (χ1v) is 14.7. The maximum atomic E-state index is 13.4. The van der Waals surface area contributed by atoms with Crippen LogP contribution in [0.15, 0.2) is 73.2 Å². The molecule has 0 radical (unpaired) electrons. The lowest BCUT2D eigenvalue weighted by Gasteiger charge is -2.18. The van der Waals surface area contributed by atoms with Gasteiger partial charge in [0.05, 0.1) is 33.7 Å². The van der Waals surface area contributed by atoms with Crippen molar-refractivity contribution in [2.24, 2.45) is 0 Å². The maximum absolute atomic E-state index is 13.4. The number of H-pyrrole nitrogens is 1. The van der Waals surface area contributed by atoms with Gasteiger partial charge >= 0.3 is 0 Å². The highest BCUT2D eigenvalue weighted by Gasteiger charge is 2.22. The van der Waals surface area contributed by atoms with Crippen LogP contribution in [0.2, 0.25) is 0 Å². The van der Waals surface area contributed by atoms with Crippen LogP contribution in [0.5, 0.6) is 11.5 Å². The van der Waals surface area contributed by atoms with Crippen molar-refractivity contribution >= 4 is 57.6 Å². The van der Waals surface area contributed by atoms with Gasteiger partial charge in [-0.1, -0.05) is 24.3 Å². The summed E-state index contributed by atoms with van der Waals surface area (Å²) in [6.45, 7) is 0.178. The summed E-state index contributed by atoms with van der Waals surface area (Å²) in [6, 6.07) is 16.7. The molecule has 240 valence electrons. The molecule has 4 heterocycles. The summed E-state index contributed by atoms with van der Waals surface area (Å²) in [5.74, 6) is -0.971. The molecule has 0 unspecified atom stereocenters. The summed E-state index contributed by atoms with van der Waals surface area (Å²) in [5.41, 5.74) is 3.69. The third-order valence-corrected chi connectivity index (χ3v) is 7.60. The van der Waals surface area contributed by atoms with Gasteiger partial charge < -0.3 is 41.0 Å². The first-order chi connectivity index (χ1) is 23.3. The lowest BCUT2D eigenvalue weighted by Crippen LogP contribution is -2.27. The number of anilines is 3. The SMILES string of the molecule is O=C1COc2ccc(CNC(=O)c3ccccc3C(=O)Nc3c[nH]c4c(C(=O)NCc5ccc6c(c5)NC(=O)CO6)ncnc34)cc2N1.